The fourth-order valence-electron chi connectivity index (χ4n) is 2.29. The zero-order valence-corrected chi connectivity index (χ0v) is 16.2. The minimum atomic E-state index is -0.416. The molecule has 0 radical (unpaired) electrons. The summed E-state index contributed by atoms with van der Waals surface area (Å²) in [6.07, 6.45) is 0.859. The number of carbonyl (C=O) groups excluding carboxylic acids is 2. The number of benzene rings is 1. The number of thiophene rings is 1. The second kappa shape index (κ2) is 8.44. The molecule has 0 aliphatic carbocycles. The van der Waals surface area contributed by atoms with E-state index in [1.807, 2.05) is 29.6 Å². The fraction of sp³-hybridized carbons (Fsp3) is 0.167. The number of esters is 1. The van der Waals surface area contributed by atoms with E-state index in [0.717, 1.165) is 10.6 Å². The standard InChI is InChI=1S/C18H15ClN2O3S2/c1-24-18(23)14-5-6-16(26-14)21-15(22)9-13-10-25-17(20-13)8-11-3-2-4-12(19)7-11/h2-7,10H,8-9H2,1H3,(H,21,22). The smallest absolute Gasteiger partial charge is 0.348 e. The minimum Gasteiger partial charge on any atom is -0.465 e. The molecule has 134 valence electrons. The lowest BCUT2D eigenvalue weighted by Gasteiger charge is -2.00. The molecule has 0 aliphatic heterocycles. The number of rotatable bonds is 6. The van der Waals surface area contributed by atoms with Crippen LogP contribution in [-0.2, 0) is 22.4 Å². The molecule has 8 heteroatoms. The zero-order valence-electron chi connectivity index (χ0n) is 13.8. The first-order chi connectivity index (χ1) is 12.5. The summed E-state index contributed by atoms with van der Waals surface area (Å²) in [6, 6.07) is 10.9. The van der Waals surface area contributed by atoms with Crippen molar-refractivity contribution in [1.82, 2.24) is 4.98 Å². The summed E-state index contributed by atoms with van der Waals surface area (Å²) in [5.74, 6) is -0.594. The quantitative estimate of drug-likeness (QED) is 0.615. The minimum absolute atomic E-state index is 0.178. The summed E-state index contributed by atoms with van der Waals surface area (Å²) in [5, 5.41) is 6.88. The largest absolute Gasteiger partial charge is 0.465 e. The SMILES string of the molecule is COC(=O)c1ccc(NC(=O)Cc2csc(Cc3cccc(Cl)c3)n2)s1. The topological polar surface area (TPSA) is 68.3 Å². The average molecular weight is 407 g/mol. The van der Waals surface area contributed by atoms with Gasteiger partial charge in [-0.25, -0.2) is 9.78 Å². The van der Waals surface area contributed by atoms with Crippen molar-refractivity contribution in [3.8, 4) is 0 Å². The van der Waals surface area contributed by atoms with Crippen molar-refractivity contribution < 1.29 is 14.3 Å². The highest BCUT2D eigenvalue weighted by atomic mass is 35.5. The molecule has 0 fully saturated rings. The number of amides is 1. The van der Waals surface area contributed by atoms with Crippen molar-refractivity contribution >= 4 is 51.2 Å². The third-order valence-electron chi connectivity index (χ3n) is 3.44. The van der Waals surface area contributed by atoms with Crippen LogP contribution in [0.1, 0.15) is 25.9 Å². The van der Waals surface area contributed by atoms with Crippen LogP contribution in [0.4, 0.5) is 5.00 Å². The number of hydrogen-bond acceptors (Lipinski definition) is 6. The number of carbonyl (C=O) groups is 2. The van der Waals surface area contributed by atoms with E-state index in [1.165, 1.54) is 29.8 Å². The Labute approximate surface area is 163 Å². The van der Waals surface area contributed by atoms with Crippen molar-refractivity contribution in [1.29, 1.82) is 0 Å². The highest BCUT2D eigenvalue weighted by molar-refractivity contribution is 7.18. The van der Waals surface area contributed by atoms with Crippen molar-refractivity contribution in [2.75, 3.05) is 12.4 Å². The number of hydrogen-bond donors (Lipinski definition) is 1. The second-order valence-electron chi connectivity index (χ2n) is 5.42. The van der Waals surface area contributed by atoms with E-state index in [2.05, 4.69) is 15.0 Å². The van der Waals surface area contributed by atoms with Crippen molar-refractivity contribution in [3.63, 3.8) is 0 Å². The predicted molar refractivity (Wildman–Crippen MR) is 104 cm³/mol. The van der Waals surface area contributed by atoms with Crippen LogP contribution in [0.5, 0.6) is 0 Å². The van der Waals surface area contributed by atoms with Gasteiger partial charge in [-0.15, -0.1) is 22.7 Å². The van der Waals surface area contributed by atoms with E-state index in [0.29, 0.717) is 27.0 Å². The van der Waals surface area contributed by atoms with Gasteiger partial charge in [-0.3, -0.25) is 4.79 Å². The van der Waals surface area contributed by atoms with Gasteiger partial charge in [0.1, 0.15) is 4.88 Å². The van der Waals surface area contributed by atoms with Gasteiger partial charge in [0.15, 0.2) is 0 Å². The van der Waals surface area contributed by atoms with Gasteiger partial charge in [0.05, 0.1) is 29.2 Å². The molecule has 26 heavy (non-hydrogen) atoms. The summed E-state index contributed by atoms with van der Waals surface area (Å²) in [4.78, 5) is 28.6. The van der Waals surface area contributed by atoms with Crippen molar-refractivity contribution in [2.24, 2.45) is 0 Å². The van der Waals surface area contributed by atoms with Gasteiger partial charge < -0.3 is 10.1 Å². The Morgan fingerprint density at radius 1 is 1.27 bits per heavy atom. The molecule has 1 aromatic carbocycles. The molecule has 0 spiro atoms. The lowest BCUT2D eigenvalue weighted by Crippen LogP contribution is -2.13. The molecule has 2 aromatic heterocycles. The predicted octanol–water partition coefficient (Wildman–Crippen LogP) is 4.42. The molecule has 0 bridgehead atoms. The molecule has 0 saturated heterocycles. The van der Waals surface area contributed by atoms with Gasteiger partial charge in [0.2, 0.25) is 5.91 Å². The van der Waals surface area contributed by atoms with E-state index in [-0.39, 0.29) is 12.3 Å². The second-order valence-corrected chi connectivity index (χ2v) is 7.88. The third kappa shape index (κ3) is 4.91. The van der Waals surface area contributed by atoms with E-state index in [4.69, 9.17) is 11.6 Å². The van der Waals surface area contributed by atoms with Crippen molar-refractivity contribution in [3.05, 3.63) is 67.9 Å². The molecule has 3 rings (SSSR count). The Morgan fingerprint density at radius 2 is 2.12 bits per heavy atom. The molecule has 0 atom stereocenters. The number of halogens is 1. The van der Waals surface area contributed by atoms with Gasteiger partial charge in [-0.2, -0.15) is 0 Å². The normalized spacial score (nSPS) is 10.5. The molecule has 3 aromatic rings. The number of nitrogens with zero attached hydrogens (tertiary/aromatic N) is 1. The number of anilines is 1. The van der Waals surface area contributed by atoms with Crippen LogP contribution in [0.2, 0.25) is 5.02 Å². The third-order valence-corrected chi connectivity index (χ3v) is 5.55. The first kappa shape index (κ1) is 18.6. The maximum Gasteiger partial charge on any atom is 0.348 e. The number of aromatic nitrogens is 1. The molecular weight excluding hydrogens is 392 g/mol. The van der Waals surface area contributed by atoms with Crippen molar-refractivity contribution in [2.45, 2.75) is 12.8 Å². The molecule has 1 amide bonds. The van der Waals surface area contributed by atoms with Crippen LogP contribution >= 0.6 is 34.3 Å². The highest BCUT2D eigenvalue weighted by Crippen LogP contribution is 2.23. The molecule has 0 saturated carbocycles. The van der Waals surface area contributed by atoms with E-state index in [1.54, 1.807) is 12.1 Å². The van der Waals surface area contributed by atoms with Crippen LogP contribution in [0.25, 0.3) is 0 Å². The number of ether oxygens (including phenoxy) is 1. The molecular formula is C18H15ClN2O3S2. The number of methoxy groups -OCH3 is 1. The number of thiazole rings is 1. The summed E-state index contributed by atoms with van der Waals surface area (Å²) >= 11 is 8.69. The Hall–Kier alpha value is -2.22. The van der Waals surface area contributed by atoms with Crippen LogP contribution in [-0.4, -0.2) is 24.0 Å². The zero-order chi connectivity index (χ0) is 18.5. The van der Waals surface area contributed by atoms with Crippen LogP contribution < -0.4 is 5.32 Å². The Kier molecular flexibility index (Phi) is 6.03. The summed E-state index contributed by atoms with van der Waals surface area (Å²) < 4.78 is 4.65. The first-order valence-electron chi connectivity index (χ1n) is 7.69. The maximum absolute atomic E-state index is 12.2. The molecule has 2 heterocycles. The Bertz CT molecular complexity index is 936. The van der Waals surface area contributed by atoms with Gasteiger partial charge in [-0.1, -0.05) is 23.7 Å². The average Bonchev–Trinajstić information content (AvgIpc) is 3.24. The Balaban J connectivity index is 1.57. The van der Waals surface area contributed by atoms with Crippen LogP contribution in [0, 0.1) is 0 Å². The first-order valence-corrected chi connectivity index (χ1v) is 9.76. The lowest BCUT2D eigenvalue weighted by atomic mass is 10.2. The Morgan fingerprint density at radius 3 is 2.88 bits per heavy atom. The summed E-state index contributed by atoms with van der Waals surface area (Å²) in [7, 11) is 1.32. The van der Waals surface area contributed by atoms with Gasteiger partial charge >= 0.3 is 5.97 Å². The monoisotopic (exact) mass is 406 g/mol. The van der Waals surface area contributed by atoms with E-state index in [9.17, 15) is 9.59 Å². The van der Waals surface area contributed by atoms with E-state index >= 15 is 0 Å². The molecule has 0 unspecified atom stereocenters. The number of nitrogens with one attached hydrogen (secondary N) is 1. The van der Waals surface area contributed by atoms with Gasteiger partial charge in [0, 0.05) is 16.8 Å². The lowest BCUT2D eigenvalue weighted by molar-refractivity contribution is -0.115. The van der Waals surface area contributed by atoms with Gasteiger partial charge in [0.25, 0.3) is 0 Å². The van der Waals surface area contributed by atoms with Gasteiger partial charge in [-0.05, 0) is 29.8 Å². The molecule has 5 nitrogen and oxygen atoms in total. The summed E-state index contributed by atoms with van der Waals surface area (Å²) in [5.41, 5.74) is 1.80. The fourth-order valence-corrected chi connectivity index (χ4v) is 4.18. The maximum atomic E-state index is 12.2. The molecule has 0 aliphatic rings. The molecule has 1 N–H and O–H groups in total. The van der Waals surface area contributed by atoms with E-state index < -0.39 is 5.97 Å². The highest BCUT2D eigenvalue weighted by Gasteiger charge is 2.12. The van der Waals surface area contributed by atoms with Crippen LogP contribution in [0.3, 0.4) is 0 Å². The summed E-state index contributed by atoms with van der Waals surface area (Å²) in [6.45, 7) is 0. The van der Waals surface area contributed by atoms with Crippen LogP contribution in [0.15, 0.2) is 41.8 Å².